The van der Waals surface area contributed by atoms with Gasteiger partial charge in [0.25, 0.3) is 10.0 Å². The van der Waals surface area contributed by atoms with Gasteiger partial charge < -0.3 is 10.6 Å². The number of primary amides is 1. The van der Waals surface area contributed by atoms with Crippen molar-refractivity contribution in [3.63, 3.8) is 0 Å². The molecule has 1 fully saturated rings. The SMILES string of the molecule is CN(CC(=O)N1CCC(C(N)=O)CC1)S(=O)(=O)c1cccs1. The van der Waals surface area contributed by atoms with E-state index in [9.17, 15) is 18.0 Å². The average molecular weight is 345 g/mol. The summed E-state index contributed by atoms with van der Waals surface area (Å²) in [6.45, 7) is 0.653. The molecule has 2 amide bonds. The quantitative estimate of drug-likeness (QED) is 0.817. The second kappa shape index (κ2) is 6.76. The number of rotatable bonds is 5. The highest BCUT2D eigenvalue weighted by atomic mass is 32.2. The standard InChI is InChI=1S/C13H19N3O4S2/c1-15(22(19,20)12-3-2-8-21-12)9-11(17)16-6-4-10(5-7-16)13(14)18/h2-3,8,10H,4-7,9H2,1H3,(H2,14,18). The molecule has 2 heterocycles. The van der Waals surface area contributed by atoms with E-state index in [4.69, 9.17) is 5.73 Å². The summed E-state index contributed by atoms with van der Waals surface area (Å²) < 4.78 is 25.8. The van der Waals surface area contributed by atoms with E-state index in [0.29, 0.717) is 25.9 Å². The van der Waals surface area contributed by atoms with Crippen molar-refractivity contribution in [1.29, 1.82) is 0 Å². The Hall–Kier alpha value is -1.45. The molecule has 1 aromatic rings. The van der Waals surface area contributed by atoms with E-state index < -0.39 is 10.0 Å². The Morgan fingerprint density at radius 1 is 1.41 bits per heavy atom. The van der Waals surface area contributed by atoms with E-state index in [0.717, 1.165) is 15.6 Å². The lowest BCUT2D eigenvalue weighted by atomic mass is 9.96. The Morgan fingerprint density at radius 2 is 2.05 bits per heavy atom. The van der Waals surface area contributed by atoms with Gasteiger partial charge in [0.1, 0.15) is 4.21 Å². The summed E-state index contributed by atoms with van der Waals surface area (Å²) in [5, 5.41) is 1.68. The number of nitrogens with two attached hydrogens (primary N) is 1. The normalized spacial score (nSPS) is 16.9. The van der Waals surface area contributed by atoms with Crippen LogP contribution in [0.4, 0.5) is 0 Å². The Labute approximate surface area is 133 Å². The summed E-state index contributed by atoms with van der Waals surface area (Å²) >= 11 is 1.12. The summed E-state index contributed by atoms with van der Waals surface area (Å²) in [5.41, 5.74) is 5.25. The van der Waals surface area contributed by atoms with Crippen molar-refractivity contribution in [2.75, 3.05) is 26.7 Å². The van der Waals surface area contributed by atoms with Gasteiger partial charge >= 0.3 is 0 Å². The first-order valence-electron chi connectivity index (χ1n) is 6.89. The predicted octanol–water partition coefficient (Wildman–Crippen LogP) is 0.0925. The molecule has 1 saturated heterocycles. The van der Waals surface area contributed by atoms with Gasteiger partial charge in [-0.1, -0.05) is 6.07 Å². The van der Waals surface area contributed by atoms with E-state index in [1.807, 2.05) is 0 Å². The van der Waals surface area contributed by atoms with Crippen LogP contribution in [0.3, 0.4) is 0 Å². The fourth-order valence-corrected chi connectivity index (χ4v) is 4.67. The molecule has 0 unspecified atom stereocenters. The molecule has 1 aliphatic rings. The fraction of sp³-hybridized carbons (Fsp3) is 0.538. The van der Waals surface area contributed by atoms with Crippen molar-refractivity contribution in [2.45, 2.75) is 17.1 Å². The number of carbonyl (C=O) groups is 2. The van der Waals surface area contributed by atoms with Crippen LogP contribution in [0.5, 0.6) is 0 Å². The van der Waals surface area contributed by atoms with E-state index in [-0.39, 0.29) is 28.5 Å². The second-order valence-corrected chi connectivity index (χ2v) is 8.47. The van der Waals surface area contributed by atoms with Crippen molar-refractivity contribution in [2.24, 2.45) is 11.7 Å². The van der Waals surface area contributed by atoms with Gasteiger partial charge in [0.2, 0.25) is 11.8 Å². The molecule has 9 heteroatoms. The minimum atomic E-state index is -3.62. The van der Waals surface area contributed by atoms with Gasteiger partial charge in [-0.05, 0) is 24.3 Å². The number of nitrogens with zero attached hydrogens (tertiary/aromatic N) is 2. The Morgan fingerprint density at radius 3 is 2.55 bits per heavy atom. The number of thiophene rings is 1. The van der Waals surface area contributed by atoms with Crippen molar-refractivity contribution >= 4 is 33.2 Å². The maximum absolute atomic E-state index is 12.3. The summed E-state index contributed by atoms with van der Waals surface area (Å²) in [7, 11) is -2.23. The van der Waals surface area contributed by atoms with Gasteiger partial charge in [0.05, 0.1) is 6.54 Å². The van der Waals surface area contributed by atoms with Gasteiger partial charge in [-0.2, -0.15) is 4.31 Å². The van der Waals surface area contributed by atoms with Crippen LogP contribution in [0.15, 0.2) is 21.7 Å². The minimum Gasteiger partial charge on any atom is -0.369 e. The second-order valence-electron chi connectivity index (χ2n) is 5.25. The maximum Gasteiger partial charge on any atom is 0.252 e. The number of carbonyl (C=O) groups excluding carboxylic acids is 2. The smallest absolute Gasteiger partial charge is 0.252 e. The van der Waals surface area contributed by atoms with Crippen molar-refractivity contribution < 1.29 is 18.0 Å². The number of sulfonamides is 1. The Bertz CT molecular complexity index is 634. The van der Waals surface area contributed by atoms with E-state index >= 15 is 0 Å². The largest absolute Gasteiger partial charge is 0.369 e. The first-order valence-corrected chi connectivity index (χ1v) is 9.21. The monoisotopic (exact) mass is 345 g/mol. The Kier molecular flexibility index (Phi) is 5.20. The van der Waals surface area contributed by atoms with E-state index in [1.54, 1.807) is 16.3 Å². The van der Waals surface area contributed by atoms with Crippen LogP contribution in [0.25, 0.3) is 0 Å². The van der Waals surface area contributed by atoms with Crippen LogP contribution in [-0.2, 0) is 19.6 Å². The number of likely N-dealkylation sites (N-methyl/N-ethyl adjacent to an activating group) is 1. The first kappa shape index (κ1) is 16.9. The van der Waals surface area contributed by atoms with Crippen molar-refractivity contribution in [3.8, 4) is 0 Å². The van der Waals surface area contributed by atoms with Crippen LogP contribution in [0.2, 0.25) is 0 Å². The van der Waals surface area contributed by atoms with Crippen molar-refractivity contribution in [3.05, 3.63) is 17.5 Å². The molecule has 2 rings (SSSR count). The lowest BCUT2D eigenvalue weighted by Gasteiger charge is -2.31. The topological polar surface area (TPSA) is 101 Å². The third-order valence-corrected chi connectivity index (χ3v) is 6.94. The molecule has 122 valence electrons. The molecule has 2 N–H and O–H groups in total. The maximum atomic E-state index is 12.3. The number of amides is 2. The van der Waals surface area contributed by atoms with Crippen LogP contribution in [-0.4, -0.2) is 56.1 Å². The van der Waals surface area contributed by atoms with Gasteiger partial charge in [-0.3, -0.25) is 9.59 Å². The molecule has 0 bridgehead atoms. The molecule has 0 aromatic carbocycles. The molecule has 0 spiro atoms. The zero-order valence-corrected chi connectivity index (χ0v) is 13.9. The molecule has 0 atom stereocenters. The van der Waals surface area contributed by atoms with Crippen LogP contribution < -0.4 is 5.73 Å². The summed E-state index contributed by atoms with van der Waals surface area (Å²) in [6.07, 6.45) is 1.06. The fourth-order valence-electron chi connectivity index (χ4n) is 2.35. The predicted molar refractivity (Wildman–Crippen MR) is 82.6 cm³/mol. The van der Waals surface area contributed by atoms with E-state index in [2.05, 4.69) is 0 Å². The summed E-state index contributed by atoms with van der Waals surface area (Å²) in [6, 6.07) is 3.17. The zero-order chi connectivity index (χ0) is 16.3. The number of likely N-dealkylation sites (tertiary alicyclic amines) is 1. The molecule has 1 aromatic heterocycles. The molecule has 22 heavy (non-hydrogen) atoms. The third kappa shape index (κ3) is 3.65. The lowest BCUT2D eigenvalue weighted by molar-refractivity contribution is -0.134. The number of hydrogen-bond donors (Lipinski definition) is 1. The highest BCUT2D eigenvalue weighted by Crippen LogP contribution is 2.21. The molecule has 0 aliphatic carbocycles. The van der Waals surface area contributed by atoms with Crippen LogP contribution in [0.1, 0.15) is 12.8 Å². The van der Waals surface area contributed by atoms with Crippen LogP contribution in [0, 0.1) is 5.92 Å². The zero-order valence-electron chi connectivity index (χ0n) is 12.3. The van der Waals surface area contributed by atoms with E-state index in [1.165, 1.54) is 13.1 Å². The van der Waals surface area contributed by atoms with Crippen LogP contribution >= 0.6 is 11.3 Å². The van der Waals surface area contributed by atoms with Gasteiger partial charge in [0.15, 0.2) is 0 Å². The first-order chi connectivity index (χ1) is 10.3. The minimum absolute atomic E-state index is 0.198. The molecular weight excluding hydrogens is 326 g/mol. The average Bonchev–Trinajstić information content (AvgIpc) is 3.02. The van der Waals surface area contributed by atoms with Crippen molar-refractivity contribution in [1.82, 2.24) is 9.21 Å². The van der Waals surface area contributed by atoms with Gasteiger partial charge in [-0.25, -0.2) is 8.42 Å². The Balaban J connectivity index is 1.94. The van der Waals surface area contributed by atoms with Gasteiger partial charge in [-0.15, -0.1) is 11.3 Å². The molecule has 1 aliphatic heterocycles. The molecule has 7 nitrogen and oxygen atoms in total. The highest BCUT2D eigenvalue weighted by Gasteiger charge is 2.29. The summed E-state index contributed by atoms with van der Waals surface area (Å²) in [4.78, 5) is 24.9. The molecular formula is C13H19N3O4S2. The lowest BCUT2D eigenvalue weighted by Crippen LogP contribution is -2.46. The third-order valence-electron chi connectivity index (χ3n) is 3.77. The summed E-state index contributed by atoms with van der Waals surface area (Å²) in [5.74, 6) is -0.799. The molecule has 0 radical (unpaired) electrons. The number of hydrogen-bond acceptors (Lipinski definition) is 5. The molecule has 0 saturated carbocycles. The highest BCUT2D eigenvalue weighted by molar-refractivity contribution is 7.91. The van der Waals surface area contributed by atoms with Gasteiger partial charge in [0, 0.05) is 26.1 Å². The number of piperidine rings is 1.